The van der Waals surface area contributed by atoms with E-state index in [4.69, 9.17) is 5.21 Å². The van der Waals surface area contributed by atoms with Gasteiger partial charge in [-0.1, -0.05) is 5.59 Å². The molecule has 1 heterocycles. The normalized spacial score (nSPS) is 16.4. The molecule has 5 heteroatoms. The lowest BCUT2D eigenvalue weighted by molar-refractivity contribution is -0.0439. The first-order chi connectivity index (χ1) is 3.93. The van der Waals surface area contributed by atoms with E-state index in [0.717, 1.165) is 5.23 Å². The van der Waals surface area contributed by atoms with Gasteiger partial charge in [0.15, 0.2) is 0 Å². The van der Waals surface area contributed by atoms with Gasteiger partial charge in [0.05, 0.1) is 6.21 Å². The highest BCUT2D eigenvalue weighted by Crippen LogP contribution is 1.79. The largest absolute Gasteiger partial charge is 0.294 e. The van der Waals surface area contributed by atoms with Gasteiger partial charge < -0.3 is 0 Å². The second kappa shape index (κ2) is 2.29. The van der Waals surface area contributed by atoms with Crippen LogP contribution in [0.1, 0.15) is 0 Å². The standard InChI is InChI=1S/C3H6N4O/c8-6-7-4-2-1-3-5-7/h1-4,6,8H. The Morgan fingerprint density at radius 3 is 3.00 bits per heavy atom. The summed E-state index contributed by atoms with van der Waals surface area (Å²) in [6, 6.07) is 0. The summed E-state index contributed by atoms with van der Waals surface area (Å²) >= 11 is 0. The fourth-order valence-corrected chi connectivity index (χ4v) is 0.350. The average molecular weight is 114 g/mol. The van der Waals surface area contributed by atoms with Gasteiger partial charge in [-0.15, -0.1) is 10.3 Å². The maximum atomic E-state index is 8.16. The van der Waals surface area contributed by atoms with Crippen molar-refractivity contribution in [2.75, 3.05) is 0 Å². The lowest BCUT2D eigenvalue weighted by atomic mass is 10.7. The van der Waals surface area contributed by atoms with Crippen molar-refractivity contribution < 1.29 is 5.21 Å². The van der Waals surface area contributed by atoms with Crippen LogP contribution in [-0.4, -0.2) is 16.6 Å². The van der Waals surface area contributed by atoms with Crippen molar-refractivity contribution in [3.63, 3.8) is 0 Å². The fraction of sp³-hybridized carbons (Fsp3) is 0. The van der Waals surface area contributed by atoms with Crippen LogP contribution < -0.4 is 11.0 Å². The first-order valence-electron chi connectivity index (χ1n) is 2.08. The maximum absolute atomic E-state index is 8.16. The van der Waals surface area contributed by atoms with Crippen molar-refractivity contribution in [1.82, 2.24) is 16.2 Å². The molecule has 3 N–H and O–H groups in total. The van der Waals surface area contributed by atoms with Gasteiger partial charge in [0.1, 0.15) is 0 Å². The second-order valence-electron chi connectivity index (χ2n) is 1.16. The number of rotatable bonds is 1. The SMILES string of the molecule is ONN1N=CC=CN1. The Hall–Kier alpha value is -1.07. The van der Waals surface area contributed by atoms with E-state index in [1.165, 1.54) is 6.21 Å². The van der Waals surface area contributed by atoms with E-state index in [1.807, 2.05) is 0 Å². The zero-order valence-corrected chi connectivity index (χ0v) is 4.07. The molecule has 0 radical (unpaired) electrons. The number of nitrogens with one attached hydrogen (secondary N) is 2. The maximum Gasteiger partial charge on any atom is 0.0522 e. The number of hydrazone groups is 1. The van der Waals surface area contributed by atoms with Crippen molar-refractivity contribution in [3.8, 4) is 0 Å². The highest BCUT2D eigenvalue weighted by atomic mass is 16.5. The van der Waals surface area contributed by atoms with Crippen molar-refractivity contribution in [2.45, 2.75) is 0 Å². The molecule has 1 rings (SSSR count). The van der Waals surface area contributed by atoms with Crippen LogP contribution in [0.4, 0.5) is 0 Å². The number of hydrazine groups is 2. The summed E-state index contributed by atoms with van der Waals surface area (Å²) in [5.74, 6) is 0. The van der Waals surface area contributed by atoms with E-state index in [-0.39, 0.29) is 0 Å². The van der Waals surface area contributed by atoms with Crippen LogP contribution >= 0.6 is 0 Å². The van der Waals surface area contributed by atoms with Crippen molar-refractivity contribution >= 4 is 6.21 Å². The van der Waals surface area contributed by atoms with Gasteiger partial charge in [-0.25, -0.2) is 0 Å². The summed E-state index contributed by atoms with van der Waals surface area (Å²) in [6.45, 7) is 0. The molecule has 0 atom stereocenters. The van der Waals surface area contributed by atoms with E-state index in [1.54, 1.807) is 17.9 Å². The van der Waals surface area contributed by atoms with E-state index >= 15 is 0 Å². The molecule has 0 spiro atoms. The monoisotopic (exact) mass is 114 g/mol. The Kier molecular flexibility index (Phi) is 1.45. The van der Waals surface area contributed by atoms with Gasteiger partial charge in [0.25, 0.3) is 0 Å². The lowest BCUT2D eigenvalue weighted by Gasteiger charge is -2.15. The number of hydrogen-bond donors (Lipinski definition) is 3. The van der Waals surface area contributed by atoms with E-state index in [2.05, 4.69) is 10.5 Å². The Morgan fingerprint density at radius 2 is 2.62 bits per heavy atom. The first kappa shape index (κ1) is 5.07. The van der Waals surface area contributed by atoms with Crippen LogP contribution in [0.2, 0.25) is 0 Å². The Labute approximate surface area is 46.2 Å². The van der Waals surface area contributed by atoms with Crippen LogP contribution in [0.25, 0.3) is 0 Å². The van der Waals surface area contributed by atoms with Crippen molar-refractivity contribution in [3.05, 3.63) is 12.3 Å². The summed E-state index contributed by atoms with van der Waals surface area (Å²) in [6.07, 6.45) is 4.85. The molecule has 0 aromatic rings. The smallest absolute Gasteiger partial charge is 0.0522 e. The van der Waals surface area contributed by atoms with Gasteiger partial charge in [-0.2, -0.15) is 0 Å². The van der Waals surface area contributed by atoms with Crippen LogP contribution in [0, 0.1) is 0 Å². The van der Waals surface area contributed by atoms with Crippen molar-refractivity contribution in [2.24, 2.45) is 5.10 Å². The Balaban J connectivity index is 2.40. The van der Waals surface area contributed by atoms with Crippen LogP contribution in [0.5, 0.6) is 0 Å². The lowest BCUT2D eigenvalue weighted by Crippen LogP contribution is -2.40. The molecule has 5 nitrogen and oxygen atoms in total. The third kappa shape index (κ3) is 0.955. The van der Waals surface area contributed by atoms with Gasteiger partial charge in [-0.3, -0.25) is 10.6 Å². The molecule has 8 heavy (non-hydrogen) atoms. The van der Waals surface area contributed by atoms with Gasteiger partial charge in [0.2, 0.25) is 0 Å². The molecular weight excluding hydrogens is 108 g/mol. The molecule has 1 aliphatic heterocycles. The highest BCUT2D eigenvalue weighted by Gasteiger charge is 1.91. The van der Waals surface area contributed by atoms with E-state index in [9.17, 15) is 0 Å². The summed E-state index contributed by atoms with van der Waals surface area (Å²) in [5, 5.41) is 12.8. The molecule has 0 saturated carbocycles. The summed E-state index contributed by atoms with van der Waals surface area (Å²) in [4.78, 5) is 0. The molecule has 0 amide bonds. The number of nitrogens with zero attached hydrogens (tertiary/aromatic N) is 2. The molecular formula is C3H6N4O. The summed E-state index contributed by atoms with van der Waals surface area (Å²) in [7, 11) is 0. The molecule has 44 valence electrons. The summed E-state index contributed by atoms with van der Waals surface area (Å²) in [5.41, 5.74) is 4.34. The average Bonchev–Trinajstić information content (AvgIpc) is 1.90. The second-order valence-corrected chi connectivity index (χ2v) is 1.16. The van der Waals surface area contributed by atoms with E-state index < -0.39 is 0 Å². The third-order valence-corrected chi connectivity index (χ3v) is 0.656. The Bertz CT molecular complexity index is 120. The molecule has 0 unspecified atom stereocenters. The molecule has 0 aromatic heterocycles. The van der Waals surface area contributed by atoms with Crippen LogP contribution in [-0.2, 0) is 0 Å². The van der Waals surface area contributed by atoms with Crippen molar-refractivity contribution in [1.29, 1.82) is 0 Å². The van der Waals surface area contributed by atoms with Crippen LogP contribution in [0.15, 0.2) is 17.4 Å². The minimum atomic E-state index is 1.06. The Morgan fingerprint density at radius 1 is 1.75 bits per heavy atom. The minimum absolute atomic E-state index is 1.06. The highest BCUT2D eigenvalue weighted by molar-refractivity contribution is 5.70. The zero-order chi connectivity index (χ0) is 5.82. The molecule has 0 saturated heterocycles. The first-order valence-corrected chi connectivity index (χ1v) is 2.08. The van der Waals surface area contributed by atoms with Gasteiger partial charge >= 0.3 is 0 Å². The summed E-state index contributed by atoms with van der Waals surface area (Å²) < 4.78 is 0. The third-order valence-electron chi connectivity index (χ3n) is 0.656. The van der Waals surface area contributed by atoms with Gasteiger partial charge in [0, 0.05) is 6.20 Å². The number of allylic oxidation sites excluding steroid dienone is 1. The quantitative estimate of drug-likeness (QED) is 0.390. The molecule has 0 fully saturated rings. The molecule has 0 bridgehead atoms. The topological polar surface area (TPSA) is 59.9 Å². The van der Waals surface area contributed by atoms with Crippen LogP contribution in [0.3, 0.4) is 0 Å². The predicted molar refractivity (Wildman–Crippen MR) is 27.5 cm³/mol. The number of hydrogen-bond acceptors (Lipinski definition) is 5. The zero-order valence-electron chi connectivity index (χ0n) is 4.07. The van der Waals surface area contributed by atoms with Gasteiger partial charge in [-0.05, 0) is 6.08 Å². The molecule has 0 aromatic carbocycles. The predicted octanol–water partition coefficient (Wildman–Crippen LogP) is -0.800. The minimum Gasteiger partial charge on any atom is -0.294 e. The van der Waals surface area contributed by atoms with E-state index in [0.29, 0.717) is 0 Å². The fourth-order valence-electron chi connectivity index (χ4n) is 0.350. The molecule has 0 aliphatic carbocycles. The molecule has 1 aliphatic rings.